The molecule has 3 aromatic carbocycles. The van der Waals surface area contributed by atoms with Crippen molar-refractivity contribution in [3.63, 3.8) is 0 Å². The number of anilines is 3. The minimum absolute atomic E-state index is 0.0379. The second-order valence-electron chi connectivity index (χ2n) is 8.99. The molecule has 0 radical (unpaired) electrons. The third-order valence-corrected chi connectivity index (χ3v) is 7.97. The van der Waals surface area contributed by atoms with Crippen molar-refractivity contribution in [2.45, 2.75) is 44.6 Å². The van der Waals surface area contributed by atoms with Gasteiger partial charge in [0.05, 0.1) is 4.90 Å². The van der Waals surface area contributed by atoms with E-state index in [1.54, 1.807) is 42.5 Å². The Balaban J connectivity index is 1.61. The highest BCUT2D eigenvalue weighted by Crippen LogP contribution is 2.28. The Hall–Kier alpha value is -3.69. The first-order valence-corrected chi connectivity index (χ1v) is 13.9. The molecule has 0 aliphatic carbocycles. The first-order valence-electron chi connectivity index (χ1n) is 12.4. The molecule has 0 saturated carbocycles. The number of hydrogen-bond acceptors (Lipinski definition) is 5. The topological polar surface area (TPSA) is 108 Å². The molecular weight excluding hydrogens is 488 g/mol. The van der Waals surface area contributed by atoms with Crippen molar-refractivity contribution in [1.82, 2.24) is 4.72 Å². The second kappa shape index (κ2) is 11.1. The maximum atomic E-state index is 13.5. The van der Waals surface area contributed by atoms with Crippen molar-refractivity contribution >= 4 is 38.9 Å². The molecule has 1 atom stereocenters. The Bertz CT molecular complexity index is 1400. The first-order chi connectivity index (χ1) is 17.7. The summed E-state index contributed by atoms with van der Waals surface area (Å²) in [7, 11) is -4.06. The van der Waals surface area contributed by atoms with Crippen LogP contribution >= 0.6 is 0 Å². The third-order valence-electron chi connectivity index (χ3n) is 6.55. The third kappa shape index (κ3) is 6.00. The van der Waals surface area contributed by atoms with E-state index in [9.17, 15) is 18.0 Å². The standard InChI is InChI=1S/C28H32N4O4S/c1-4-32(5-2)22-12-14-24(19(3)17-22)30-28(34)27(20-9-7-6-8-10-20)31-37(35,36)23-13-15-25-21(18-23)11-16-26(33)29-25/h6-10,12-15,17-18,27,31H,4-5,11,16H2,1-3H3,(H,29,33)(H,30,34)/t27-/m0/s1. The van der Waals surface area contributed by atoms with Gasteiger partial charge >= 0.3 is 0 Å². The molecule has 0 bridgehead atoms. The molecule has 0 fully saturated rings. The SMILES string of the molecule is CCN(CC)c1ccc(NC(=O)[C@@H](NS(=O)(=O)c2ccc3c(c2)CCC(=O)N3)c2ccccc2)c(C)c1. The van der Waals surface area contributed by atoms with Crippen LogP contribution in [-0.2, 0) is 26.0 Å². The van der Waals surface area contributed by atoms with Crippen molar-refractivity contribution < 1.29 is 18.0 Å². The lowest BCUT2D eigenvalue weighted by molar-refractivity contribution is -0.118. The zero-order chi connectivity index (χ0) is 26.6. The number of aryl methyl sites for hydroxylation is 2. The Morgan fingerprint density at radius 1 is 1.00 bits per heavy atom. The minimum atomic E-state index is -4.06. The van der Waals surface area contributed by atoms with Gasteiger partial charge in [-0.3, -0.25) is 9.59 Å². The van der Waals surface area contributed by atoms with Gasteiger partial charge in [-0.05, 0) is 80.3 Å². The molecule has 0 aromatic heterocycles. The van der Waals surface area contributed by atoms with E-state index in [-0.39, 0.29) is 10.8 Å². The zero-order valence-corrected chi connectivity index (χ0v) is 22.1. The predicted octanol–water partition coefficient (Wildman–Crippen LogP) is 4.38. The molecule has 194 valence electrons. The van der Waals surface area contributed by atoms with Crippen molar-refractivity contribution in [2.24, 2.45) is 0 Å². The average Bonchev–Trinajstić information content (AvgIpc) is 2.89. The summed E-state index contributed by atoms with van der Waals surface area (Å²) in [6, 6.07) is 18.0. The van der Waals surface area contributed by atoms with E-state index in [0.717, 1.165) is 29.9 Å². The highest BCUT2D eigenvalue weighted by molar-refractivity contribution is 7.89. The van der Waals surface area contributed by atoms with Crippen molar-refractivity contribution in [3.8, 4) is 0 Å². The van der Waals surface area contributed by atoms with Gasteiger partial charge in [-0.2, -0.15) is 4.72 Å². The summed E-state index contributed by atoms with van der Waals surface area (Å²) in [6.07, 6.45) is 0.751. The van der Waals surface area contributed by atoms with Gasteiger partial charge in [0.25, 0.3) is 0 Å². The van der Waals surface area contributed by atoms with E-state index in [2.05, 4.69) is 34.1 Å². The fourth-order valence-corrected chi connectivity index (χ4v) is 5.68. The highest BCUT2D eigenvalue weighted by Gasteiger charge is 2.29. The van der Waals surface area contributed by atoms with Gasteiger partial charge in [0, 0.05) is 36.6 Å². The number of rotatable bonds is 9. The van der Waals surface area contributed by atoms with Crippen LogP contribution in [0.4, 0.5) is 17.1 Å². The van der Waals surface area contributed by atoms with Crippen LogP contribution in [0, 0.1) is 6.92 Å². The Morgan fingerprint density at radius 2 is 1.73 bits per heavy atom. The monoisotopic (exact) mass is 520 g/mol. The largest absolute Gasteiger partial charge is 0.372 e. The van der Waals surface area contributed by atoms with E-state index >= 15 is 0 Å². The van der Waals surface area contributed by atoms with E-state index < -0.39 is 22.0 Å². The molecule has 4 rings (SSSR count). The van der Waals surface area contributed by atoms with E-state index in [4.69, 9.17) is 0 Å². The Labute approximate surface area is 218 Å². The number of benzene rings is 3. The number of carbonyl (C=O) groups excluding carboxylic acids is 2. The maximum absolute atomic E-state index is 13.5. The van der Waals surface area contributed by atoms with Gasteiger partial charge in [0.2, 0.25) is 21.8 Å². The van der Waals surface area contributed by atoms with Crippen LogP contribution in [0.25, 0.3) is 0 Å². The molecule has 3 N–H and O–H groups in total. The van der Waals surface area contributed by atoms with Crippen LogP contribution in [0.3, 0.4) is 0 Å². The predicted molar refractivity (Wildman–Crippen MR) is 146 cm³/mol. The van der Waals surface area contributed by atoms with Gasteiger partial charge in [0.15, 0.2) is 0 Å². The number of carbonyl (C=O) groups is 2. The fourth-order valence-electron chi connectivity index (χ4n) is 4.45. The van der Waals surface area contributed by atoms with Gasteiger partial charge < -0.3 is 15.5 Å². The summed E-state index contributed by atoms with van der Waals surface area (Å²) < 4.78 is 29.4. The molecule has 0 spiro atoms. The molecule has 2 amide bonds. The molecule has 1 aliphatic heterocycles. The lowest BCUT2D eigenvalue weighted by Gasteiger charge is -2.23. The Morgan fingerprint density at radius 3 is 2.41 bits per heavy atom. The van der Waals surface area contributed by atoms with Crippen molar-refractivity contribution in [2.75, 3.05) is 28.6 Å². The molecule has 9 heteroatoms. The highest BCUT2D eigenvalue weighted by atomic mass is 32.2. The van der Waals surface area contributed by atoms with Crippen LogP contribution in [0.5, 0.6) is 0 Å². The summed E-state index contributed by atoms with van der Waals surface area (Å²) in [6.45, 7) is 7.83. The molecule has 3 aromatic rings. The molecule has 8 nitrogen and oxygen atoms in total. The number of nitrogens with one attached hydrogen (secondary N) is 3. The van der Waals surface area contributed by atoms with Crippen LogP contribution in [0.1, 0.15) is 43.0 Å². The van der Waals surface area contributed by atoms with Gasteiger partial charge in [-0.25, -0.2) is 8.42 Å². The molecule has 1 aliphatic rings. The summed E-state index contributed by atoms with van der Waals surface area (Å²) >= 11 is 0. The van der Waals surface area contributed by atoms with E-state index in [1.165, 1.54) is 6.07 Å². The van der Waals surface area contributed by atoms with Gasteiger partial charge in [-0.15, -0.1) is 0 Å². The van der Waals surface area contributed by atoms with Crippen molar-refractivity contribution in [1.29, 1.82) is 0 Å². The normalized spacial score (nSPS) is 13.9. The summed E-state index contributed by atoms with van der Waals surface area (Å²) in [5, 5.41) is 5.66. The molecule has 0 unspecified atom stereocenters. The number of nitrogens with zero attached hydrogens (tertiary/aromatic N) is 1. The lowest BCUT2D eigenvalue weighted by Crippen LogP contribution is -2.37. The minimum Gasteiger partial charge on any atom is -0.372 e. The quantitative estimate of drug-likeness (QED) is 0.388. The second-order valence-corrected chi connectivity index (χ2v) is 10.7. The average molecular weight is 521 g/mol. The number of hydrogen-bond donors (Lipinski definition) is 3. The maximum Gasteiger partial charge on any atom is 0.247 e. The summed E-state index contributed by atoms with van der Waals surface area (Å²) in [5.74, 6) is -0.582. The van der Waals surface area contributed by atoms with Gasteiger partial charge in [-0.1, -0.05) is 30.3 Å². The van der Waals surface area contributed by atoms with Crippen LogP contribution in [0.15, 0.2) is 71.6 Å². The summed E-state index contributed by atoms with van der Waals surface area (Å²) in [4.78, 5) is 27.4. The number of sulfonamides is 1. The summed E-state index contributed by atoms with van der Waals surface area (Å²) in [5.41, 5.74) is 4.42. The van der Waals surface area contributed by atoms with Crippen LogP contribution in [-0.4, -0.2) is 33.3 Å². The fraction of sp³-hybridized carbons (Fsp3) is 0.286. The van der Waals surface area contributed by atoms with E-state index in [0.29, 0.717) is 29.8 Å². The van der Waals surface area contributed by atoms with Crippen LogP contribution in [0.2, 0.25) is 0 Å². The molecule has 0 saturated heterocycles. The van der Waals surface area contributed by atoms with E-state index in [1.807, 2.05) is 25.1 Å². The number of amides is 2. The first kappa shape index (κ1) is 26.4. The van der Waals surface area contributed by atoms with Crippen molar-refractivity contribution in [3.05, 3.63) is 83.4 Å². The lowest BCUT2D eigenvalue weighted by atomic mass is 10.0. The van der Waals surface area contributed by atoms with Crippen LogP contribution < -0.4 is 20.3 Å². The Kier molecular flexibility index (Phi) is 7.94. The molecular formula is C28H32N4O4S. The number of fused-ring (bicyclic) bond motifs is 1. The van der Waals surface area contributed by atoms with Gasteiger partial charge in [0.1, 0.15) is 6.04 Å². The smallest absolute Gasteiger partial charge is 0.247 e. The molecule has 1 heterocycles. The zero-order valence-electron chi connectivity index (χ0n) is 21.2. The molecule has 37 heavy (non-hydrogen) atoms.